The average Bonchev–Trinajstić information content (AvgIpc) is 3.08. The van der Waals surface area contributed by atoms with Crippen molar-refractivity contribution in [1.29, 1.82) is 0 Å². The second-order valence-corrected chi connectivity index (χ2v) is 7.94. The molecule has 0 aliphatic carbocycles. The van der Waals surface area contributed by atoms with Crippen LogP contribution in [0, 0.1) is 13.8 Å². The van der Waals surface area contributed by atoms with Crippen molar-refractivity contribution >= 4 is 17.5 Å². The fourth-order valence-electron chi connectivity index (χ4n) is 3.81. The highest BCUT2D eigenvalue weighted by atomic mass is 35.5. The van der Waals surface area contributed by atoms with Crippen molar-refractivity contribution in [1.82, 2.24) is 24.9 Å². The number of carbonyl (C=O) groups is 1. The summed E-state index contributed by atoms with van der Waals surface area (Å²) < 4.78 is 41.1. The molecule has 0 fully saturated rings. The van der Waals surface area contributed by atoms with Crippen LogP contribution in [0.5, 0.6) is 0 Å². The molecular weight excluding hydrogens is 431 g/mol. The highest BCUT2D eigenvalue weighted by molar-refractivity contribution is 6.34. The SMILES string of the molecule is Cc1cc(C)nc(Cn2nnc3c2CCN(C(=O)c2cccc(C(F)(F)F)c2Cl)C3)c1. The Balaban J connectivity index is 1.55. The second-order valence-electron chi connectivity index (χ2n) is 7.56. The zero-order valence-electron chi connectivity index (χ0n) is 16.9. The largest absolute Gasteiger partial charge is 0.417 e. The van der Waals surface area contributed by atoms with Gasteiger partial charge in [-0.15, -0.1) is 5.10 Å². The van der Waals surface area contributed by atoms with Crippen molar-refractivity contribution in [3.63, 3.8) is 0 Å². The zero-order valence-corrected chi connectivity index (χ0v) is 17.6. The number of amides is 1. The van der Waals surface area contributed by atoms with Crippen LogP contribution in [-0.4, -0.2) is 37.3 Å². The Hall–Kier alpha value is -2.94. The number of alkyl halides is 3. The maximum absolute atomic E-state index is 13.1. The number of rotatable bonds is 3. The topological polar surface area (TPSA) is 63.9 Å². The van der Waals surface area contributed by atoms with Gasteiger partial charge in [0.15, 0.2) is 0 Å². The molecule has 1 amide bonds. The minimum Gasteiger partial charge on any atom is -0.332 e. The number of fused-ring (bicyclic) bond motifs is 1. The standard InChI is InChI=1S/C21H19ClF3N5O/c1-12-8-13(2)26-14(9-12)10-30-18-6-7-29(11-17(18)27-28-30)20(31)15-4-3-5-16(19(15)22)21(23,24)25/h3-5,8-9H,6-7,10-11H2,1-2H3. The molecule has 1 aliphatic heterocycles. The monoisotopic (exact) mass is 449 g/mol. The quantitative estimate of drug-likeness (QED) is 0.601. The maximum Gasteiger partial charge on any atom is 0.417 e. The predicted octanol–water partition coefficient (Wildman–Crippen LogP) is 4.21. The summed E-state index contributed by atoms with van der Waals surface area (Å²) in [6, 6.07) is 7.32. The number of nitrogens with zero attached hydrogens (tertiary/aromatic N) is 5. The van der Waals surface area contributed by atoms with E-state index in [1.807, 2.05) is 26.0 Å². The molecule has 0 atom stereocenters. The van der Waals surface area contributed by atoms with Gasteiger partial charge in [-0.2, -0.15) is 13.2 Å². The first kappa shape index (κ1) is 21.3. The van der Waals surface area contributed by atoms with E-state index >= 15 is 0 Å². The van der Waals surface area contributed by atoms with Gasteiger partial charge in [-0.25, -0.2) is 4.68 Å². The molecule has 31 heavy (non-hydrogen) atoms. The van der Waals surface area contributed by atoms with E-state index in [9.17, 15) is 18.0 Å². The second kappa shape index (κ2) is 7.96. The van der Waals surface area contributed by atoms with Crippen LogP contribution in [0.2, 0.25) is 5.02 Å². The van der Waals surface area contributed by atoms with E-state index in [1.54, 1.807) is 4.68 Å². The zero-order chi connectivity index (χ0) is 22.3. The minimum atomic E-state index is -4.63. The van der Waals surface area contributed by atoms with Crippen LogP contribution in [-0.2, 0) is 25.7 Å². The fraction of sp³-hybridized carbons (Fsp3) is 0.333. The normalized spacial score (nSPS) is 13.9. The molecule has 162 valence electrons. The molecule has 0 unspecified atom stereocenters. The molecule has 0 saturated carbocycles. The van der Waals surface area contributed by atoms with E-state index in [4.69, 9.17) is 11.6 Å². The molecule has 2 aromatic heterocycles. The van der Waals surface area contributed by atoms with E-state index in [0.29, 0.717) is 25.2 Å². The molecule has 0 bridgehead atoms. The lowest BCUT2D eigenvalue weighted by Crippen LogP contribution is -2.37. The Morgan fingerprint density at radius 1 is 1.23 bits per heavy atom. The summed E-state index contributed by atoms with van der Waals surface area (Å²) >= 11 is 5.92. The van der Waals surface area contributed by atoms with Gasteiger partial charge in [-0.05, 0) is 43.7 Å². The third-order valence-electron chi connectivity index (χ3n) is 5.16. The van der Waals surface area contributed by atoms with Gasteiger partial charge in [0.25, 0.3) is 5.91 Å². The lowest BCUT2D eigenvalue weighted by Gasteiger charge is -2.27. The molecule has 10 heteroatoms. The average molecular weight is 450 g/mol. The molecule has 3 heterocycles. The number of aryl methyl sites for hydroxylation is 2. The minimum absolute atomic E-state index is 0.154. The Kier molecular flexibility index (Phi) is 5.47. The number of benzene rings is 1. The van der Waals surface area contributed by atoms with Gasteiger partial charge in [0.2, 0.25) is 0 Å². The predicted molar refractivity (Wildman–Crippen MR) is 108 cm³/mol. The molecular formula is C21H19ClF3N5O. The van der Waals surface area contributed by atoms with Crippen molar-refractivity contribution < 1.29 is 18.0 Å². The van der Waals surface area contributed by atoms with Crippen LogP contribution < -0.4 is 0 Å². The molecule has 0 spiro atoms. The van der Waals surface area contributed by atoms with Crippen molar-refractivity contribution in [2.24, 2.45) is 0 Å². The first-order valence-corrected chi connectivity index (χ1v) is 10.0. The number of halogens is 4. The summed E-state index contributed by atoms with van der Waals surface area (Å²) in [6.07, 6.45) is -4.15. The van der Waals surface area contributed by atoms with Gasteiger partial charge in [-0.1, -0.05) is 22.9 Å². The van der Waals surface area contributed by atoms with Crippen LogP contribution >= 0.6 is 11.6 Å². The van der Waals surface area contributed by atoms with E-state index in [0.717, 1.165) is 28.7 Å². The highest BCUT2D eigenvalue weighted by Crippen LogP contribution is 2.36. The molecule has 0 radical (unpaired) electrons. The van der Waals surface area contributed by atoms with E-state index in [-0.39, 0.29) is 12.1 Å². The Morgan fingerprint density at radius 2 is 2.00 bits per heavy atom. The molecule has 1 aliphatic rings. The van der Waals surface area contributed by atoms with Crippen LogP contribution in [0.15, 0.2) is 30.3 Å². The highest BCUT2D eigenvalue weighted by Gasteiger charge is 2.36. The Labute approximate surface area is 181 Å². The maximum atomic E-state index is 13.1. The van der Waals surface area contributed by atoms with Crippen molar-refractivity contribution in [3.8, 4) is 0 Å². The van der Waals surface area contributed by atoms with Gasteiger partial charge in [0, 0.05) is 18.7 Å². The third kappa shape index (κ3) is 4.27. The summed E-state index contributed by atoms with van der Waals surface area (Å²) in [5.41, 5.74) is 3.19. The van der Waals surface area contributed by atoms with Gasteiger partial charge in [0.1, 0.15) is 5.69 Å². The number of aromatic nitrogens is 4. The lowest BCUT2D eigenvalue weighted by molar-refractivity contribution is -0.137. The summed E-state index contributed by atoms with van der Waals surface area (Å²) in [6.45, 7) is 4.86. The summed E-state index contributed by atoms with van der Waals surface area (Å²) in [4.78, 5) is 18.9. The van der Waals surface area contributed by atoms with E-state index in [2.05, 4.69) is 15.3 Å². The number of hydrogen-bond donors (Lipinski definition) is 0. The van der Waals surface area contributed by atoms with Crippen LogP contribution in [0.1, 0.15) is 44.3 Å². The summed E-state index contributed by atoms with van der Waals surface area (Å²) in [7, 11) is 0. The van der Waals surface area contributed by atoms with E-state index < -0.39 is 22.7 Å². The summed E-state index contributed by atoms with van der Waals surface area (Å²) in [5.74, 6) is -0.563. The fourth-order valence-corrected chi connectivity index (χ4v) is 4.13. The van der Waals surface area contributed by atoms with Crippen LogP contribution in [0.25, 0.3) is 0 Å². The third-order valence-corrected chi connectivity index (χ3v) is 5.57. The van der Waals surface area contributed by atoms with Crippen molar-refractivity contribution in [2.45, 2.75) is 39.5 Å². The first-order valence-electron chi connectivity index (χ1n) is 9.64. The first-order chi connectivity index (χ1) is 14.6. The van der Waals surface area contributed by atoms with Gasteiger partial charge < -0.3 is 4.90 Å². The molecule has 6 nitrogen and oxygen atoms in total. The molecule has 4 rings (SSSR count). The van der Waals surface area contributed by atoms with E-state index in [1.165, 1.54) is 17.0 Å². The van der Waals surface area contributed by atoms with Gasteiger partial charge in [-0.3, -0.25) is 9.78 Å². The molecule has 3 aromatic rings. The number of pyridine rings is 1. The Bertz CT molecular complexity index is 1140. The van der Waals surface area contributed by atoms with Gasteiger partial charge in [0.05, 0.1) is 40.6 Å². The summed E-state index contributed by atoms with van der Waals surface area (Å²) in [5, 5.41) is 7.79. The number of carbonyl (C=O) groups excluding carboxylic acids is 1. The van der Waals surface area contributed by atoms with Gasteiger partial charge >= 0.3 is 6.18 Å². The number of hydrogen-bond acceptors (Lipinski definition) is 4. The van der Waals surface area contributed by atoms with Crippen molar-refractivity contribution in [3.05, 3.63) is 74.8 Å². The molecule has 0 saturated heterocycles. The molecule has 0 N–H and O–H groups in total. The lowest BCUT2D eigenvalue weighted by atomic mass is 10.1. The van der Waals surface area contributed by atoms with Crippen LogP contribution in [0.3, 0.4) is 0 Å². The molecule has 1 aromatic carbocycles. The van der Waals surface area contributed by atoms with Crippen molar-refractivity contribution in [2.75, 3.05) is 6.54 Å². The smallest absolute Gasteiger partial charge is 0.332 e. The van der Waals surface area contributed by atoms with Crippen LogP contribution in [0.4, 0.5) is 13.2 Å². The Morgan fingerprint density at radius 3 is 2.71 bits per heavy atom.